The van der Waals surface area contributed by atoms with E-state index in [1.165, 1.54) is 32.1 Å². The molecular weight excluding hydrogens is 238 g/mol. The molecule has 0 unspecified atom stereocenters. The van der Waals surface area contributed by atoms with E-state index in [4.69, 9.17) is 10.3 Å². The van der Waals surface area contributed by atoms with Gasteiger partial charge in [-0.05, 0) is 43.9 Å². The summed E-state index contributed by atoms with van der Waals surface area (Å²) in [6.07, 6.45) is 8.30. The van der Waals surface area contributed by atoms with Crippen molar-refractivity contribution < 1.29 is 4.52 Å². The molecule has 0 saturated heterocycles. The van der Waals surface area contributed by atoms with Gasteiger partial charge in [-0.2, -0.15) is 4.98 Å². The maximum atomic E-state index is 5.90. The molecule has 0 amide bonds. The van der Waals surface area contributed by atoms with E-state index in [0.29, 0.717) is 17.9 Å². The minimum atomic E-state index is -0.000806. The summed E-state index contributed by atoms with van der Waals surface area (Å²) in [7, 11) is 0. The number of aromatic nitrogens is 2. The van der Waals surface area contributed by atoms with Crippen LogP contribution in [0.2, 0.25) is 0 Å². The zero-order chi connectivity index (χ0) is 13.5. The molecule has 3 rings (SSSR count). The molecule has 0 aromatic carbocycles. The maximum Gasteiger partial charge on any atom is 0.234 e. The lowest BCUT2D eigenvalue weighted by atomic mass is 9.68. The van der Waals surface area contributed by atoms with Gasteiger partial charge in [-0.15, -0.1) is 0 Å². The van der Waals surface area contributed by atoms with Crippen LogP contribution in [0.4, 0.5) is 0 Å². The van der Waals surface area contributed by atoms with Gasteiger partial charge in [0.25, 0.3) is 0 Å². The van der Waals surface area contributed by atoms with Gasteiger partial charge in [0.1, 0.15) is 0 Å². The Morgan fingerprint density at radius 2 is 1.89 bits per heavy atom. The van der Waals surface area contributed by atoms with Crippen LogP contribution < -0.4 is 5.73 Å². The van der Waals surface area contributed by atoms with Gasteiger partial charge < -0.3 is 10.3 Å². The van der Waals surface area contributed by atoms with Crippen LogP contribution in [-0.2, 0) is 5.41 Å². The summed E-state index contributed by atoms with van der Waals surface area (Å²) in [5, 5.41) is 4.24. The summed E-state index contributed by atoms with van der Waals surface area (Å²) >= 11 is 0. The molecule has 4 nitrogen and oxygen atoms in total. The molecule has 19 heavy (non-hydrogen) atoms. The molecule has 2 saturated carbocycles. The fourth-order valence-electron chi connectivity index (χ4n) is 3.38. The summed E-state index contributed by atoms with van der Waals surface area (Å²) in [4.78, 5) is 4.69. The molecule has 2 aliphatic carbocycles. The van der Waals surface area contributed by atoms with Gasteiger partial charge in [0.05, 0.1) is 5.41 Å². The van der Waals surface area contributed by atoms with Gasteiger partial charge in [-0.1, -0.05) is 25.4 Å². The Bertz CT molecular complexity index is 432. The van der Waals surface area contributed by atoms with Crippen molar-refractivity contribution in [2.24, 2.45) is 11.1 Å². The zero-order valence-electron chi connectivity index (χ0n) is 12.1. The fourth-order valence-corrected chi connectivity index (χ4v) is 3.38. The van der Waals surface area contributed by atoms with E-state index < -0.39 is 0 Å². The average Bonchev–Trinajstić information content (AvgIpc) is 2.78. The van der Waals surface area contributed by atoms with E-state index in [1.807, 2.05) is 0 Å². The molecule has 0 radical (unpaired) electrons. The van der Waals surface area contributed by atoms with Crippen molar-refractivity contribution in [3.8, 4) is 0 Å². The number of nitrogens with zero attached hydrogens (tertiary/aromatic N) is 2. The molecule has 0 aliphatic heterocycles. The Morgan fingerprint density at radius 3 is 2.42 bits per heavy atom. The van der Waals surface area contributed by atoms with Gasteiger partial charge in [-0.25, -0.2) is 0 Å². The first-order valence-corrected chi connectivity index (χ1v) is 7.59. The normalized spacial score (nSPS) is 26.1. The predicted molar refractivity (Wildman–Crippen MR) is 73.9 cm³/mol. The second-order valence-corrected chi connectivity index (χ2v) is 7.23. The van der Waals surface area contributed by atoms with E-state index in [9.17, 15) is 0 Å². The molecule has 1 aromatic rings. The van der Waals surface area contributed by atoms with E-state index >= 15 is 0 Å². The highest BCUT2D eigenvalue weighted by Gasteiger charge is 2.43. The second-order valence-electron chi connectivity index (χ2n) is 7.23. The van der Waals surface area contributed by atoms with Crippen molar-refractivity contribution in [2.75, 3.05) is 6.54 Å². The Balaban J connectivity index is 1.72. The number of hydrogen-bond acceptors (Lipinski definition) is 4. The van der Waals surface area contributed by atoms with E-state index in [1.54, 1.807) is 0 Å². The van der Waals surface area contributed by atoms with Crippen molar-refractivity contribution in [3.63, 3.8) is 0 Å². The smallest absolute Gasteiger partial charge is 0.234 e. The topological polar surface area (TPSA) is 64.9 Å². The third-order valence-corrected chi connectivity index (χ3v) is 5.30. The lowest BCUT2D eigenvalue weighted by Gasteiger charge is -2.37. The van der Waals surface area contributed by atoms with Crippen molar-refractivity contribution >= 4 is 0 Å². The summed E-state index contributed by atoms with van der Waals surface area (Å²) in [5.41, 5.74) is 6.38. The van der Waals surface area contributed by atoms with Crippen LogP contribution in [0, 0.1) is 5.41 Å². The average molecular weight is 263 g/mol. The Kier molecular flexibility index (Phi) is 3.16. The SMILES string of the molecule is CC1(C)CCC(c2noc(C3(CN)CCC3)n2)CC1. The minimum absolute atomic E-state index is 0.000806. The van der Waals surface area contributed by atoms with E-state index in [-0.39, 0.29) is 5.41 Å². The molecule has 1 aromatic heterocycles. The molecular formula is C15H25N3O. The summed E-state index contributed by atoms with van der Waals surface area (Å²) < 4.78 is 5.53. The van der Waals surface area contributed by atoms with E-state index in [2.05, 4.69) is 24.0 Å². The number of rotatable bonds is 3. The van der Waals surface area contributed by atoms with E-state index in [0.717, 1.165) is 24.6 Å². The fraction of sp³-hybridized carbons (Fsp3) is 0.867. The van der Waals surface area contributed by atoms with Crippen molar-refractivity contribution in [2.45, 2.75) is 70.1 Å². The maximum absolute atomic E-state index is 5.90. The second kappa shape index (κ2) is 4.58. The molecule has 0 spiro atoms. The van der Waals surface area contributed by atoms with Gasteiger partial charge >= 0.3 is 0 Å². The third kappa shape index (κ3) is 2.31. The van der Waals surface area contributed by atoms with Gasteiger partial charge in [0, 0.05) is 12.5 Å². The van der Waals surface area contributed by atoms with Crippen molar-refractivity contribution in [1.82, 2.24) is 10.1 Å². The minimum Gasteiger partial charge on any atom is -0.339 e. The number of hydrogen-bond donors (Lipinski definition) is 1. The van der Waals surface area contributed by atoms with Crippen LogP contribution in [0.1, 0.15) is 76.4 Å². The van der Waals surface area contributed by atoms with Gasteiger partial charge in [0.15, 0.2) is 5.82 Å². The van der Waals surface area contributed by atoms with Crippen LogP contribution in [0.5, 0.6) is 0 Å². The molecule has 2 N–H and O–H groups in total. The van der Waals surface area contributed by atoms with Crippen LogP contribution in [0.3, 0.4) is 0 Å². The molecule has 2 aliphatic rings. The summed E-state index contributed by atoms with van der Waals surface area (Å²) in [6, 6.07) is 0. The van der Waals surface area contributed by atoms with Gasteiger partial charge in [-0.3, -0.25) is 0 Å². The standard InChI is InChI=1S/C15H25N3O/c1-14(2)8-4-11(5-9-14)12-17-13(19-18-12)15(10-16)6-3-7-15/h11H,3-10,16H2,1-2H3. The highest BCUT2D eigenvalue weighted by molar-refractivity contribution is 5.12. The third-order valence-electron chi connectivity index (χ3n) is 5.30. The zero-order valence-corrected chi connectivity index (χ0v) is 12.1. The molecule has 1 heterocycles. The molecule has 0 atom stereocenters. The Hall–Kier alpha value is -0.900. The highest BCUT2D eigenvalue weighted by Crippen LogP contribution is 2.44. The Morgan fingerprint density at radius 1 is 1.21 bits per heavy atom. The van der Waals surface area contributed by atoms with Crippen LogP contribution in [-0.4, -0.2) is 16.7 Å². The highest BCUT2D eigenvalue weighted by atomic mass is 16.5. The molecule has 4 heteroatoms. The largest absolute Gasteiger partial charge is 0.339 e. The van der Waals surface area contributed by atoms with Gasteiger partial charge in [0.2, 0.25) is 5.89 Å². The number of nitrogens with two attached hydrogens (primary N) is 1. The molecule has 0 bridgehead atoms. The van der Waals surface area contributed by atoms with Crippen molar-refractivity contribution in [1.29, 1.82) is 0 Å². The van der Waals surface area contributed by atoms with Crippen LogP contribution in [0.15, 0.2) is 4.52 Å². The Labute approximate surface area is 115 Å². The lowest BCUT2D eigenvalue weighted by Crippen LogP contribution is -2.41. The van der Waals surface area contributed by atoms with Crippen LogP contribution >= 0.6 is 0 Å². The van der Waals surface area contributed by atoms with Crippen molar-refractivity contribution in [3.05, 3.63) is 11.7 Å². The quantitative estimate of drug-likeness (QED) is 0.910. The first kappa shape index (κ1) is 13.1. The predicted octanol–water partition coefficient (Wildman–Crippen LogP) is 3.13. The first-order valence-electron chi connectivity index (χ1n) is 7.59. The lowest BCUT2D eigenvalue weighted by molar-refractivity contribution is 0.181. The summed E-state index contributed by atoms with van der Waals surface area (Å²) in [5.74, 6) is 2.20. The summed E-state index contributed by atoms with van der Waals surface area (Å²) in [6.45, 7) is 5.33. The monoisotopic (exact) mass is 263 g/mol. The van der Waals surface area contributed by atoms with Crippen LogP contribution in [0.25, 0.3) is 0 Å². The first-order chi connectivity index (χ1) is 9.05. The molecule has 106 valence electrons. The molecule has 2 fully saturated rings.